The van der Waals surface area contributed by atoms with Crippen molar-refractivity contribution in [2.24, 2.45) is 0 Å². The monoisotopic (exact) mass is 272 g/mol. The van der Waals surface area contributed by atoms with Crippen molar-refractivity contribution in [3.05, 3.63) is 17.1 Å². The molecule has 0 aliphatic carbocycles. The van der Waals surface area contributed by atoms with Crippen LogP contribution in [0, 0.1) is 0 Å². The van der Waals surface area contributed by atoms with Crippen molar-refractivity contribution in [3.8, 4) is 0 Å². The fourth-order valence-electron chi connectivity index (χ4n) is 1.26. The number of carboxylic acids is 1. The lowest BCUT2D eigenvalue weighted by Gasteiger charge is -2.22. The first-order valence-corrected chi connectivity index (χ1v) is 6.22. The zero-order valence-corrected chi connectivity index (χ0v) is 11.3. The molecule has 1 aromatic rings. The van der Waals surface area contributed by atoms with Crippen LogP contribution in [0.2, 0.25) is 0 Å². The topological polar surface area (TPSA) is 88.5 Å². The molecular formula is C11H16N2O4S. The summed E-state index contributed by atoms with van der Waals surface area (Å²) in [6, 6.07) is -0.629. The molecule has 1 atom stereocenters. The minimum atomic E-state index is -0.998. The van der Waals surface area contributed by atoms with Gasteiger partial charge in [-0.3, -0.25) is 4.79 Å². The van der Waals surface area contributed by atoms with E-state index in [2.05, 4.69) is 9.69 Å². The summed E-state index contributed by atoms with van der Waals surface area (Å²) in [6.45, 7) is 5.22. The molecule has 100 valence electrons. The maximum absolute atomic E-state index is 11.6. The van der Waals surface area contributed by atoms with Crippen LogP contribution in [0.25, 0.3) is 0 Å². The molecule has 18 heavy (non-hydrogen) atoms. The molecule has 1 unspecified atom stereocenters. The summed E-state index contributed by atoms with van der Waals surface area (Å²) in [7, 11) is 0. The summed E-state index contributed by atoms with van der Waals surface area (Å²) in [5, 5.41) is 13.1. The highest BCUT2D eigenvalue weighted by molar-refractivity contribution is 7.03. The first-order chi connectivity index (χ1) is 8.28. The molecule has 6 nitrogen and oxygen atoms in total. The Hall–Kier alpha value is -1.63. The predicted octanol–water partition coefficient (Wildman–Crippen LogP) is 2.18. The highest BCUT2D eigenvalue weighted by atomic mass is 32.1. The van der Waals surface area contributed by atoms with Gasteiger partial charge in [0.25, 0.3) is 0 Å². The maximum atomic E-state index is 11.6. The van der Waals surface area contributed by atoms with E-state index in [9.17, 15) is 9.59 Å². The first kappa shape index (κ1) is 14.4. The van der Waals surface area contributed by atoms with Crippen molar-refractivity contribution in [1.29, 1.82) is 0 Å². The van der Waals surface area contributed by atoms with Crippen LogP contribution in [0.3, 0.4) is 0 Å². The molecule has 0 saturated heterocycles. The molecule has 1 heterocycles. The van der Waals surface area contributed by atoms with Crippen LogP contribution in [0.1, 0.15) is 38.8 Å². The molecule has 7 heteroatoms. The number of carbonyl (C=O) groups is 2. The van der Waals surface area contributed by atoms with Gasteiger partial charge in [-0.05, 0) is 32.3 Å². The first-order valence-electron chi connectivity index (χ1n) is 5.38. The van der Waals surface area contributed by atoms with E-state index < -0.39 is 23.7 Å². The van der Waals surface area contributed by atoms with Crippen LogP contribution in [0.15, 0.2) is 11.6 Å². The lowest BCUT2D eigenvalue weighted by molar-refractivity contribution is -0.137. The molecule has 0 aliphatic rings. The summed E-state index contributed by atoms with van der Waals surface area (Å²) < 4.78 is 8.98. The number of aliphatic carboxylic acids is 1. The van der Waals surface area contributed by atoms with E-state index in [1.165, 1.54) is 17.7 Å². The Labute approximate surface area is 109 Å². The summed E-state index contributed by atoms with van der Waals surface area (Å²) in [4.78, 5) is 22.4. The van der Waals surface area contributed by atoms with Crippen LogP contribution in [0.5, 0.6) is 0 Å². The third-order valence-electron chi connectivity index (χ3n) is 1.92. The molecule has 0 saturated carbocycles. The second kappa shape index (κ2) is 5.81. The quantitative estimate of drug-likeness (QED) is 0.877. The highest BCUT2D eigenvalue weighted by Crippen LogP contribution is 2.19. The molecule has 0 spiro atoms. The number of hydrogen-bond acceptors (Lipinski definition) is 5. The van der Waals surface area contributed by atoms with Gasteiger partial charge < -0.3 is 15.2 Å². The van der Waals surface area contributed by atoms with Gasteiger partial charge in [0.15, 0.2) is 0 Å². The summed E-state index contributed by atoms with van der Waals surface area (Å²) >= 11 is 1.20. The maximum Gasteiger partial charge on any atom is 0.408 e. The van der Waals surface area contributed by atoms with E-state index in [4.69, 9.17) is 9.84 Å². The molecule has 0 aliphatic heterocycles. The smallest absolute Gasteiger partial charge is 0.408 e. The van der Waals surface area contributed by atoms with E-state index >= 15 is 0 Å². The Bertz CT molecular complexity index is 411. The molecule has 0 bridgehead atoms. The van der Waals surface area contributed by atoms with Crippen molar-refractivity contribution < 1.29 is 19.4 Å². The largest absolute Gasteiger partial charge is 0.481 e. The number of nitrogens with one attached hydrogen (secondary N) is 1. The number of rotatable bonds is 4. The third kappa shape index (κ3) is 5.13. The Balaban J connectivity index is 2.68. The van der Waals surface area contributed by atoms with Gasteiger partial charge in [0.1, 0.15) is 5.60 Å². The summed E-state index contributed by atoms with van der Waals surface area (Å²) in [5.41, 5.74) is 0.0401. The number of carbonyl (C=O) groups excluding carboxylic acids is 1. The number of hydrogen-bond donors (Lipinski definition) is 2. The third-order valence-corrected chi connectivity index (χ3v) is 2.53. The second-order valence-electron chi connectivity index (χ2n) is 4.75. The van der Waals surface area contributed by atoms with E-state index in [0.29, 0.717) is 5.56 Å². The van der Waals surface area contributed by atoms with Crippen LogP contribution in [-0.4, -0.2) is 27.1 Å². The average Bonchev–Trinajstić information content (AvgIpc) is 2.64. The van der Waals surface area contributed by atoms with E-state index in [1.54, 1.807) is 26.2 Å². The lowest BCUT2D eigenvalue weighted by atomic mass is 10.1. The Morgan fingerprint density at radius 2 is 2.22 bits per heavy atom. The molecule has 1 aromatic heterocycles. The van der Waals surface area contributed by atoms with Gasteiger partial charge in [0.05, 0.1) is 12.5 Å². The SMILES string of the molecule is CC(C)(C)OC(=O)NC(CC(=O)O)c1cnsc1. The number of aromatic nitrogens is 1. The predicted molar refractivity (Wildman–Crippen MR) is 66.5 cm³/mol. The highest BCUT2D eigenvalue weighted by Gasteiger charge is 2.22. The molecular weight excluding hydrogens is 256 g/mol. The molecule has 0 fully saturated rings. The zero-order valence-electron chi connectivity index (χ0n) is 10.5. The fourth-order valence-corrected chi connectivity index (χ4v) is 1.85. The minimum Gasteiger partial charge on any atom is -0.481 e. The Morgan fingerprint density at radius 3 is 2.67 bits per heavy atom. The van der Waals surface area contributed by atoms with Crippen molar-refractivity contribution >= 4 is 23.6 Å². The van der Waals surface area contributed by atoms with Crippen LogP contribution >= 0.6 is 11.5 Å². The van der Waals surface area contributed by atoms with Gasteiger partial charge in [0.2, 0.25) is 0 Å². The molecule has 1 amide bonds. The Morgan fingerprint density at radius 1 is 1.56 bits per heavy atom. The second-order valence-corrected chi connectivity index (χ2v) is 5.41. The van der Waals surface area contributed by atoms with Crippen molar-refractivity contribution in [1.82, 2.24) is 9.69 Å². The summed E-state index contributed by atoms with van der Waals surface area (Å²) in [6.07, 6.45) is 0.688. The Kier molecular flexibility index (Phi) is 4.66. The van der Waals surface area contributed by atoms with Crippen molar-refractivity contribution in [2.75, 3.05) is 0 Å². The van der Waals surface area contributed by atoms with E-state index in [-0.39, 0.29) is 6.42 Å². The number of carboxylic acid groups (broad SMARTS) is 1. The molecule has 0 aromatic carbocycles. The number of ether oxygens (including phenoxy) is 1. The van der Waals surface area contributed by atoms with Gasteiger partial charge in [-0.1, -0.05) is 0 Å². The summed E-state index contributed by atoms with van der Waals surface area (Å²) in [5.74, 6) is -0.998. The van der Waals surface area contributed by atoms with Crippen LogP contribution in [0.4, 0.5) is 4.79 Å². The molecule has 0 radical (unpaired) electrons. The van der Waals surface area contributed by atoms with Gasteiger partial charge in [-0.15, -0.1) is 0 Å². The number of nitrogens with zero attached hydrogens (tertiary/aromatic N) is 1. The van der Waals surface area contributed by atoms with Crippen LogP contribution in [-0.2, 0) is 9.53 Å². The van der Waals surface area contributed by atoms with Crippen molar-refractivity contribution in [3.63, 3.8) is 0 Å². The average molecular weight is 272 g/mol. The van der Waals surface area contributed by atoms with Gasteiger partial charge in [-0.2, -0.15) is 0 Å². The van der Waals surface area contributed by atoms with Gasteiger partial charge >= 0.3 is 12.1 Å². The normalized spacial score (nSPS) is 12.8. The van der Waals surface area contributed by atoms with Crippen molar-refractivity contribution in [2.45, 2.75) is 38.8 Å². The molecule has 1 rings (SSSR count). The standard InChI is InChI=1S/C11H16N2O4S/c1-11(2,3)17-10(16)13-8(4-9(14)15)7-5-12-18-6-7/h5-6,8H,4H2,1-3H3,(H,13,16)(H,14,15). The van der Waals surface area contributed by atoms with E-state index in [0.717, 1.165) is 0 Å². The number of alkyl carbamates (subject to hydrolysis) is 1. The molecule has 2 N–H and O–H groups in total. The van der Waals surface area contributed by atoms with Gasteiger partial charge in [0, 0.05) is 17.1 Å². The van der Waals surface area contributed by atoms with Gasteiger partial charge in [-0.25, -0.2) is 9.17 Å². The lowest BCUT2D eigenvalue weighted by Crippen LogP contribution is -2.35. The zero-order chi connectivity index (χ0) is 13.8. The minimum absolute atomic E-state index is 0.211. The fraction of sp³-hybridized carbons (Fsp3) is 0.545. The van der Waals surface area contributed by atoms with E-state index in [1.807, 2.05) is 0 Å². The van der Waals surface area contributed by atoms with Crippen LogP contribution < -0.4 is 5.32 Å². The number of amides is 1.